The van der Waals surface area contributed by atoms with Crippen LogP contribution in [0.3, 0.4) is 0 Å². The third kappa shape index (κ3) is 3.98. The molecule has 0 unspecified atom stereocenters. The standard InChI is InChI=1S/C14H11BrFN3O2S2/c15-13-5-6-14(22-13)23(20,21)18-12-7-17-19(9-12)8-10-1-3-11(16)4-2-10/h1-7,9,18H,8H2. The van der Waals surface area contributed by atoms with Crippen molar-refractivity contribution in [2.24, 2.45) is 0 Å². The van der Waals surface area contributed by atoms with Gasteiger partial charge in [-0.25, -0.2) is 12.8 Å². The molecule has 2 heterocycles. The first-order valence-corrected chi connectivity index (χ1v) is 9.57. The first kappa shape index (κ1) is 16.2. The van der Waals surface area contributed by atoms with E-state index in [0.717, 1.165) is 20.7 Å². The number of nitrogens with zero attached hydrogens (tertiary/aromatic N) is 2. The van der Waals surface area contributed by atoms with E-state index in [2.05, 4.69) is 25.8 Å². The van der Waals surface area contributed by atoms with E-state index in [1.54, 1.807) is 29.1 Å². The molecule has 0 amide bonds. The van der Waals surface area contributed by atoms with Gasteiger partial charge in [0.05, 0.1) is 22.2 Å². The average Bonchev–Trinajstić information content (AvgIpc) is 3.11. The number of aromatic nitrogens is 2. The Kier molecular flexibility index (Phi) is 4.51. The number of benzene rings is 1. The largest absolute Gasteiger partial charge is 0.276 e. The fourth-order valence-electron chi connectivity index (χ4n) is 1.93. The maximum absolute atomic E-state index is 12.9. The van der Waals surface area contributed by atoms with Crippen LogP contribution in [-0.2, 0) is 16.6 Å². The number of halogens is 2. The van der Waals surface area contributed by atoms with Crippen molar-refractivity contribution in [2.75, 3.05) is 4.72 Å². The summed E-state index contributed by atoms with van der Waals surface area (Å²) < 4.78 is 42.3. The zero-order valence-corrected chi connectivity index (χ0v) is 14.8. The number of hydrogen-bond acceptors (Lipinski definition) is 4. The lowest BCUT2D eigenvalue weighted by atomic mass is 10.2. The Morgan fingerprint density at radius 2 is 1.96 bits per heavy atom. The second-order valence-electron chi connectivity index (χ2n) is 4.72. The fourth-order valence-corrected chi connectivity index (χ4v) is 4.96. The molecule has 23 heavy (non-hydrogen) atoms. The molecule has 0 saturated carbocycles. The van der Waals surface area contributed by atoms with Gasteiger partial charge in [-0.2, -0.15) is 5.10 Å². The number of hydrogen-bond donors (Lipinski definition) is 1. The summed E-state index contributed by atoms with van der Waals surface area (Å²) in [5, 5.41) is 4.11. The van der Waals surface area contributed by atoms with Crippen molar-refractivity contribution in [3.05, 3.63) is 64.0 Å². The molecule has 0 bridgehead atoms. The Hall–Kier alpha value is -1.71. The van der Waals surface area contributed by atoms with Gasteiger partial charge < -0.3 is 0 Å². The van der Waals surface area contributed by atoms with Gasteiger partial charge in [0.2, 0.25) is 0 Å². The van der Waals surface area contributed by atoms with Crippen LogP contribution in [0.4, 0.5) is 10.1 Å². The van der Waals surface area contributed by atoms with Crippen LogP contribution in [-0.4, -0.2) is 18.2 Å². The lowest BCUT2D eigenvalue weighted by molar-refractivity contribution is 0.603. The summed E-state index contributed by atoms with van der Waals surface area (Å²) in [5.41, 5.74) is 1.24. The van der Waals surface area contributed by atoms with E-state index in [0.29, 0.717) is 12.2 Å². The van der Waals surface area contributed by atoms with Gasteiger partial charge in [-0.05, 0) is 45.8 Å². The molecule has 0 aliphatic carbocycles. The van der Waals surface area contributed by atoms with Crippen molar-refractivity contribution in [3.63, 3.8) is 0 Å². The highest BCUT2D eigenvalue weighted by molar-refractivity contribution is 9.11. The second kappa shape index (κ2) is 6.42. The van der Waals surface area contributed by atoms with Gasteiger partial charge >= 0.3 is 0 Å². The van der Waals surface area contributed by atoms with Crippen LogP contribution in [0, 0.1) is 5.82 Å². The van der Waals surface area contributed by atoms with Crippen molar-refractivity contribution in [1.29, 1.82) is 0 Å². The van der Waals surface area contributed by atoms with Gasteiger partial charge in [-0.3, -0.25) is 9.40 Å². The molecule has 0 fully saturated rings. The quantitative estimate of drug-likeness (QED) is 0.690. The summed E-state index contributed by atoms with van der Waals surface area (Å²) in [6.07, 6.45) is 3.02. The molecule has 0 saturated heterocycles. The lowest BCUT2D eigenvalue weighted by Gasteiger charge is -2.03. The van der Waals surface area contributed by atoms with E-state index >= 15 is 0 Å². The number of thiophene rings is 1. The summed E-state index contributed by atoms with van der Waals surface area (Å²) >= 11 is 4.37. The summed E-state index contributed by atoms with van der Waals surface area (Å²) in [6.45, 7) is 0.423. The predicted molar refractivity (Wildman–Crippen MR) is 90.6 cm³/mol. The Bertz CT molecular complexity index is 920. The maximum atomic E-state index is 12.9. The van der Waals surface area contributed by atoms with Crippen LogP contribution in [0.1, 0.15) is 5.56 Å². The van der Waals surface area contributed by atoms with E-state index < -0.39 is 10.0 Å². The topological polar surface area (TPSA) is 64.0 Å². The first-order valence-electron chi connectivity index (χ1n) is 6.47. The molecule has 0 aliphatic rings. The molecule has 3 aromatic rings. The van der Waals surface area contributed by atoms with Crippen molar-refractivity contribution in [1.82, 2.24) is 9.78 Å². The minimum atomic E-state index is -3.62. The molecule has 0 aliphatic heterocycles. The molecule has 1 N–H and O–H groups in total. The molecule has 120 valence electrons. The Labute approximate surface area is 145 Å². The molecule has 0 radical (unpaired) electrons. The van der Waals surface area contributed by atoms with Gasteiger partial charge in [0.25, 0.3) is 10.0 Å². The first-order chi connectivity index (χ1) is 10.9. The third-order valence-corrected chi connectivity index (χ3v) is 6.45. The molecule has 0 atom stereocenters. The molecule has 5 nitrogen and oxygen atoms in total. The highest BCUT2D eigenvalue weighted by Crippen LogP contribution is 2.27. The smallest absolute Gasteiger partial charge is 0.271 e. The van der Waals surface area contributed by atoms with Crippen LogP contribution in [0.2, 0.25) is 0 Å². The SMILES string of the molecule is O=S(=O)(Nc1cnn(Cc2ccc(F)cc2)c1)c1ccc(Br)s1. The van der Waals surface area contributed by atoms with Gasteiger partial charge in [0, 0.05) is 6.20 Å². The Morgan fingerprint density at radius 3 is 2.61 bits per heavy atom. The maximum Gasteiger partial charge on any atom is 0.271 e. The summed E-state index contributed by atoms with van der Waals surface area (Å²) in [7, 11) is -3.62. The third-order valence-electron chi connectivity index (χ3n) is 2.96. The van der Waals surface area contributed by atoms with E-state index in [4.69, 9.17) is 0 Å². The van der Waals surface area contributed by atoms with E-state index in [1.165, 1.54) is 24.4 Å². The molecule has 9 heteroatoms. The van der Waals surface area contributed by atoms with Crippen LogP contribution in [0.25, 0.3) is 0 Å². The molecule has 2 aromatic heterocycles. The molecule has 3 rings (SSSR count). The minimum absolute atomic E-state index is 0.218. The van der Waals surface area contributed by atoms with Crippen LogP contribution in [0.5, 0.6) is 0 Å². The van der Waals surface area contributed by atoms with E-state index in [9.17, 15) is 12.8 Å². The monoisotopic (exact) mass is 415 g/mol. The van der Waals surface area contributed by atoms with Crippen LogP contribution >= 0.6 is 27.3 Å². The second-order valence-corrected chi connectivity index (χ2v) is 9.09. The van der Waals surface area contributed by atoms with E-state index in [1.807, 2.05) is 0 Å². The summed E-state index contributed by atoms with van der Waals surface area (Å²) in [5.74, 6) is -0.301. The molecule has 1 aromatic carbocycles. The summed E-state index contributed by atoms with van der Waals surface area (Å²) in [4.78, 5) is 0. The normalized spacial score (nSPS) is 11.6. The number of rotatable bonds is 5. The number of sulfonamides is 1. The van der Waals surface area contributed by atoms with Gasteiger partial charge in [0.15, 0.2) is 0 Å². The fraction of sp³-hybridized carbons (Fsp3) is 0.0714. The highest BCUT2D eigenvalue weighted by Gasteiger charge is 2.17. The molecular formula is C14H11BrFN3O2S2. The predicted octanol–water partition coefficient (Wildman–Crippen LogP) is 3.70. The zero-order chi connectivity index (χ0) is 16.4. The Morgan fingerprint density at radius 1 is 1.22 bits per heavy atom. The zero-order valence-electron chi connectivity index (χ0n) is 11.6. The van der Waals surface area contributed by atoms with Crippen molar-refractivity contribution in [3.8, 4) is 0 Å². The molecule has 0 spiro atoms. The highest BCUT2D eigenvalue weighted by atomic mass is 79.9. The van der Waals surface area contributed by atoms with Crippen molar-refractivity contribution < 1.29 is 12.8 Å². The van der Waals surface area contributed by atoms with E-state index in [-0.39, 0.29) is 10.0 Å². The lowest BCUT2D eigenvalue weighted by Crippen LogP contribution is -2.10. The summed E-state index contributed by atoms with van der Waals surface area (Å²) in [6, 6.07) is 9.26. The van der Waals surface area contributed by atoms with Crippen LogP contribution in [0.15, 0.2) is 56.8 Å². The van der Waals surface area contributed by atoms with Gasteiger partial charge in [-0.15, -0.1) is 11.3 Å². The Balaban J connectivity index is 1.73. The van der Waals surface area contributed by atoms with Crippen LogP contribution < -0.4 is 4.72 Å². The number of nitrogens with one attached hydrogen (secondary N) is 1. The van der Waals surface area contributed by atoms with Crippen molar-refractivity contribution >= 4 is 43.0 Å². The average molecular weight is 416 g/mol. The van der Waals surface area contributed by atoms with Gasteiger partial charge in [-0.1, -0.05) is 12.1 Å². The van der Waals surface area contributed by atoms with Gasteiger partial charge in [0.1, 0.15) is 10.0 Å². The van der Waals surface area contributed by atoms with Crippen molar-refractivity contribution in [2.45, 2.75) is 10.8 Å². The molecular weight excluding hydrogens is 405 g/mol. The number of anilines is 1. The minimum Gasteiger partial charge on any atom is -0.276 e.